The van der Waals surface area contributed by atoms with E-state index >= 15 is 0 Å². The summed E-state index contributed by atoms with van der Waals surface area (Å²) in [5.41, 5.74) is 7.94. The summed E-state index contributed by atoms with van der Waals surface area (Å²) < 4.78 is 0. The molecule has 0 aliphatic heterocycles. The summed E-state index contributed by atoms with van der Waals surface area (Å²) in [7, 11) is 3.70. The predicted molar refractivity (Wildman–Crippen MR) is 78.8 cm³/mol. The van der Waals surface area contributed by atoms with Crippen LogP contribution in [0.15, 0.2) is 18.2 Å². The highest BCUT2D eigenvalue weighted by molar-refractivity contribution is 7.80. The largest absolute Gasteiger partial charge is 0.376 e. The maximum Gasteiger partial charge on any atom is 0.238 e. The van der Waals surface area contributed by atoms with Crippen LogP contribution in [0, 0.1) is 6.92 Å². The summed E-state index contributed by atoms with van der Waals surface area (Å²) in [5, 5.41) is 5.92. The van der Waals surface area contributed by atoms with Gasteiger partial charge in [-0.05, 0) is 57.0 Å². The number of thiocarbonyl (C=S) groups is 1. The fraction of sp³-hybridized carbons (Fsp3) is 0.333. The van der Waals surface area contributed by atoms with Gasteiger partial charge in [-0.25, -0.2) is 0 Å². The summed E-state index contributed by atoms with van der Waals surface area (Å²) in [6.07, 6.45) is 0. The summed E-state index contributed by atoms with van der Waals surface area (Å²) in [6.45, 7) is 2.27. The first-order valence-corrected chi connectivity index (χ1v) is 5.91. The van der Waals surface area contributed by atoms with Crippen molar-refractivity contribution in [3.8, 4) is 0 Å². The molecule has 6 heteroatoms. The minimum atomic E-state index is -0.0434. The average molecular weight is 266 g/mol. The minimum Gasteiger partial charge on any atom is -0.376 e. The summed E-state index contributed by atoms with van der Waals surface area (Å²) in [6, 6.07) is 5.52. The lowest BCUT2D eigenvalue weighted by molar-refractivity contribution is -0.116. The first-order valence-electron chi connectivity index (χ1n) is 5.50. The lowest BCUT2D eigenvalue weighted by atomic mass is 10.1. The van der Waals surface area contributed by atoms with Crippen molar-refractivity contribution in [2.75, 3.05) is 31.3 Å². The first-order chi connectivity index (χ1) is 8.38. The van der Waals surface area contributed by atoms with E-state index in [4.69, 9.17) is 18.0 Å². The minimum absolute atomic E-state index is 0.0434. The van der Waals surface area contributed by atoms with Crippen molar-refractivity contribution in [2.24, 2.45) is 5.73 Å². The predicted octanol–water partition coefficient (Wildman–Crippen LogP) is 1.15. The SMILES string of the molecule is Cc1cc(NC(N)=S)ccc1NC(=O)CN(C)C. The molecule has 4 N–H and O–H groups in total. The van der Waals surface area contributed by atoms with Gasteiger partial charge >= 0.3 is 0 Å². The Morgan fingerprint density at radius 2 is 2.06 bits per heavy atom. The number of benzene rings is 1. The molecular formula is C12H18N4OS. The highest BCUT2D eigenvalue weighted by Gasteiger charge is 2.06. The zero-order valence-electron chi connectivity index (χ0n) is 10.8. The number of nitrogens with zero attached hydrogens (tertiary/aromatic N) is 1. The lowest BCUT2D eigenvalue weighted by Gasteiger charge is -2.13. The molecule has 0 bridgehead atoms. The Balaban J connectivity index is 2.73. The standard InChI is InChI=1S/C12H18N4OS/c1-8-6-9(14-12(13)18)4-5-10(8)15-11(17)7-16(2)3/h4-6H,7H2,1-3H3,(H,15,17)(H3,13,14,18). The molecule has 0 heterocycles. The van der Waals surface area contributed by atoms with Crippen molar-refractivity contribution < 1.29 is 4.79 Å². The van der Waals surface area contributed by atoms with Gasteiger partial charge in [0.25, 0.3) is 0 Å². The zero-order chi connectivity index (χ0) is 13.7. The van der Waals surface area contributed by atoms with Crippen molar-refractivity contribution in [2.45, 2.75) is 6.92 Å². The molecule has 1 aromatic carbocycles. The molecule has 0 saturated heterocycles. The quantitative estimate of drug-likeness (QED) is 0.713. The van der Waals surface area contributed by atoms with Crippen molar-refractivity contribution in [1.82, 2.24) is 4.90 Å². The van der Waals surface area contributed by atoms with Crippen LogP contribution in [-0.2, 0) is 4.79 Å². The molecule has 5 nitrogen and oxygen atoms in total. The van der Waals surface area contributed by atoms with Gasteiger partial charge in [0.1, 0.15) is 0 Å². The molecule has 0 aliphatic carbocycles. The molecule has 0 aromatic heterocycles. The number of amides is 1. The van der Waals surface area contributed by atoms with Gasteiger partial charge in [0.2, 0.25) is 5.91 Å². The fourth-order valence-corrected chi connectivity index (χ4v) is 1.62. The normalized spacial score (nSPS) is 10.2. The smallest absolute Gasteiger partial charge is 0.238 e. The van der Waals surface area contributed by atoms with Gasteiger partial charge in [-0.15, -0.1) is 0 Å². The van der Waals surface area contributed by atoms with E-state index in [2.05, 4.69) is 10.6 Å². The molecule has 0 aliphatic rings. The number of aryl methyl sites for hydroxylation is 1. The van der Waals surface area contributed by atoms with Gasteiger partial charge in [0.05, 0.1) is 6.54 Å². The Bertz CT molecular complexity index is 459. The van der Waals surface area contributed by atoms with Crippen LogP contribution in [-0.4, -0.2) is 36.6 Å². The number of hydrogen-bond acceptors (Lipinski definition) is 3. The van der Waals surface area contributed by atoms with Gasteiger partial charge in [0.15, 0.2) is 5.11 Å². The molecule has 0 atom stereocenters. The van der Waals surface area contributed by atoms with E-state index in [9.17, 15) is 4.79 Å². The molecule has 1 amide bonds. The third-order valence-corrected chi connectivity index (χ3v) is 2.33. The Labute approximate surface area is 112 Å². The molecule has 1 rings (SSSR count). The topological polar surface area (TPSA) is 70.4 Å². The Kier molecular flexibility index (Phi) is 5.06. The van der Waals surface area contributed by atoms with E-state index < -0.39 is 0 Å². The molecule has 0 spiro atoms. The van der Waals surface area contributed by atoms with Crippen LogP contribution in [0.1, 0.15) is 5.56 Å². The van der Waals surface area contributed by atoms with E-state index in [0.29, 0.717) is 6.54 Å². The van der Waals surface area contributed by atoms with E-state index in [1.54, 1.807) is 0 Å². The number of hydrogen-bond donors (Lipinski definition) is 3. The van der Waals surface area contributed by atoms with Crippen LogP contribution in [0.5, 0.6) is 0 Å². The Morgan fingerprint density at radius 1 is 1.39 bits per heavy atom. The van der Waals surface area contributed by atoms with Crippen LogP contribution in [0.25, 0.3) is 0 Å². The van der Waals surface area contributed by atoms with Crippen molar-refractivity contribution in [1.29, 1.82) is 0 Å². The molecule has 0 saturated carbocycles. The molecule has 1 aromatic rings. The maximum absolute atomic E-state index is 11.6. The number of carbonyl (C=O) groups is 1. The van der Waals surface area contributed by atoms with E-state index in [1.807, 2.05) is 44.1 Å². The van der Waals surface area contributed by atoms with Crippen LogP contribution in [0.2, 0.25) is 0 Å². The number of anilines is 2. The third-order valence-electron chi connectivity index (χ3n) is 2.23. The Hall–Kier alpha value is -1.66. The molecule has 98 valence electrons. The second-order valence-corrected chi connectivity index (χ2v) is 4.74. The second kappa shape index (κ2) is 6.32. The number of likely N-dealkylation sites (N-methyl/N-ethyl adjacent to an activating group) is 1. The fourth-order valence-electron chi connectivity index (χ4n) is 1.50. The van der Waals surface area contributed by atoms with Crippen LogP contribution < -0.4 is 16.4 Å². The van der Waals surface area contributed by atoms with Gasteiger partial charge in [-0.1, -0.05) is 0 Å². The second-order valence-electron chi connectivity index (χ2n) is 4.30. The number of nitrogens with two attached hydrogens (primary N) is 1. The average Bonchev–Trinajstić information content (AvgIpc) is 2.20. The van der Waals surface area contributed by atoms with E-state index in [0.717, 1.165) is 16.9 Å². The van der Waals surface area contributed by atoms with Gasteiger partial charge in [-0.2, -0.15) is 0 Å². The number of nitrogens with one attached hydrogen (secondary N) is 2. The van der Waals surface area contributed by atoms with Crippen molar-refractivity contribution in [3.63, 3.8) is 0 Å². The zero-order valence-corrected chi connectivity index (χ0v) is 11.6. The third kappa shape index (κ3) is 4.68. The molecule has 18 heavy (non-hydrogen) atoms. The highest BCUT2D eigenvalue weighted by Crippen LogP contribution is 2.19. The van der Waals surface area contributed by atoms with Gasteiger partial charge in [-0.3, -0.25) is 4.79 Å². The highest BCUT2D eigenvalue weighted by atomic mass is 32.1. The Morgan fingerprint density at radius 3 is 2.56 bits per heavy atom. The maximum atomic E-state index is 11.6. The molecule has 0 fully saturated rings. The van der Waals surface area contributed by atoms with E-state index in [1.165, 1.54) is 0 Å². The lowest BCUT2D eigenvalue weighted by Crippen LogP contribution is -2.27. The first kappa shape index (κ1) is 14.4. The molecule has 0 unspecified atom stereocenters. The monoisotopic (exact) mass is 266 g/mol. The van der Waals surface area contributed by atoms with Crippen LogP contribution in [0.4, 0.5) is 11.4 Å². The number of carbonyl (C=O) groups excluding carboxylic acids is 1. The van der Waals surface area contributed by atoms with E-state index in [-0.39, 0.29) is 11.0 Å². The number of rotatable bonds is 4. The van der Waals surface area contributed by atoms with Crippen LogP contribution in [0.3, 0.4) is 0 Å². The molecule has 0 radical (unpaired) electrons. The van der Waals surface area contributed by atoms with Crippen LogP contribution >= 0.6 is 12.2 Å². The summed E-state index contributed by atoms with van der Waals surface area (Å²) in [5.74, 6) is -0.0434. The molecular weight excluding hydrogens is 248 g/mol. The summed E-state index contributed by atoms with van der Waals surface area (Å²) in [4.78, 5) is 13.4. The summed E-state index contributed by atoms with van der Waals surface area (Å²) >= 11 is 4.76. The van der Waals surface area contributed by atoms with Gasteiger partial charge in [0, 0.05) is 11.4 Å². The van der Waals surface area contributed by atoms with Crippen molar-refractivity contribution >= 4 is 34.6 Å². The van der Waals surface area contributed by atoms with Gasteiger partial charge < -0.3 is 21.3 Å². The van der Waals surface area contributed by atoms with Crippen molar-refractivity contribution in [3.05, 3.63) is 23.8 Å².